The van der Waals surface area contributed by atoms with Gasteiger partial charge in [0.05, 0.1) is 23.1 Å². The van der Waals surface area contributed by atoms with Gasteiger partial charge in [0, 0.05) is 61.0 Å². The van der Waals surface area contributed by atoms with Crippen molar-refractivity contribution in [3.05, 3.63) is 130 Å². The molecule has 2 aromatic carbocycles. The molecule has 4 aromatic rings. The number of benzene rings is 2. The van der Waals surface area contributed by atoms with E-state index in [-0.39, 0.29) is 45.5 Å². The number of pyridine rings is 2. The van der Waals surface area contributed by atoms with Crippen LogP contribution in [0.4, 0.5) is 0 Å². The maximum Gasteiger partial charge on any atom is 2.00 e. The van der Waals surface area contributed by atoms with Gasteiger partial charge in [-0.25, -0.2) is 0 Å². The molecule has 14 heteroatoms. The molecule has 1 radical (unpaired) electrons. The fourth-order valence-electron chi connectivity index (χ4n) is 3.60. The van der Waals surface area contributed by atoms with E-state index >= 15 is 0 Å². The molecule has 4 rings (SSSR count). The van der Waals surface area contributed by atoms with Crippen molar-refractivity contribution in [2.75, 3.05) is 26.2 Å². The predicted molar refractivity (Wildman–Crippen MR) is 179 cm³/mol. The molecule has 2 aromatic heterocycles. The Hall–Kier alpha value is -4.32. The van der Waals surface area contributed by atoms with Gasteiger partial charge in [-0.2, -0.15) is 0 Å². The molecule has 0 atom stereocenters. The van der Waals surface area contributed by atoms with Gasteiger partial charge in [0.1, 0.15) is 0 Å². The second-order valence-electron chi connectivity index (χ2n) is 9.03. The molecule has 48 heavy (non-hydrogen) atoms. The van der Waals surface area contributed by atoms with Crippen LogP contribution in [-0.4, -0.2) is 69.7 Å². The molecule has 261 valence electrons. The van der Waals surface area contributed by atoms with Gasteiger partial charge in [0.2, 0.25) is 0 Å². The van der Waals surface area contributed by atoms with Crippen LogP contribution < -0.4 is 10.2 Å². The molecule has 2 heterocycles. The van der Waals surface area contributed by atoms with Gasteiger partial charge in [-0.15, -0.1) is 0 Å². The molecule has 0 fully saturated rings. The standard InChI is InChI=1S/2C10H14N2O.2C7H5ClO2.Cu.H2O/c2*1-3-12(4-2)10(13)9-6-5-7-11-8-9;2*8-6-3-1-2-5(4-6)7(9)10;;/h2*5-8H,3-4H2,1-2H3;2*1-4H,(H,9,10);;1H2/q;;;;+2;/p-1. The first-order valence-corrected chi connectivity index (χ1v) is 15.1. The van der Waals surface area contributed by atoms with E-state index in [1.165, 1.54) is 24.3 Å². The molecular weight excluding hydrogens is 711 g/mol. The number of carbonyl (C=O) groups excluding carboxylic acids is 4. The molecule has 2 amide bonds. The molecular formula is C34H39Cl2CuN4O7+. The average Bonchev–Trinajstić information content (AvgIpc) is 3.07. The van der Waals surface area contributed by atoms with E-state index in [4.69, 9.17) is 23.2 Å². The zero-order chi connectivity index (χ0) is 34.5. The molecule has 0 unspecified atom stereocenters. The minimum Gasteiger partial charge on any atom is -0.545 e. The Morgan fingerprint density at radius 2 is 0.896 bits per heavy atom. The first-order chi connectivity index (χ1) is 22.0. The summed E-state index contributed by atoms with van der Waals surface area (Å²) in [5.74, 6) is -2.30. The van der Waals surface area contributed by atoms with E-state index in [9.17, 15) is 29.4 Å². The number of hydrogen-bond acceptors (Lipinski definition) is 8. The van der Waals surface area contributed by atoms with Gasteiger partial charge >= 0.3 is 17.1 Å². The Labute approximate surface area is 301 Å². The SMILES string of the molecule is CCN(CC)C(=O)c1cccnc1.CCN(CC)C(=O)c1cccnc1.O=C([O-])c1cccc(Cl)c1.O=C([O-])c1cccc(Cl)c1.[Cu+2].[OH3+]. The number of aromatic carboxylic acids is 2. The zero-order valence-electron chi connectivity index (χ0n) is 26.9. The second kappa shape index (κ2) is 25.7. The number of aromatic nitrogens is 2. The molecule has 0 aliphatic carbocycles. The number of carboxylic acid groups (broad SMARTS) is 2. The fraction of sp³-hybridized carbons (Fsp3) is 0.235. The van der Waals surface area contributed by atoms with E-state index in [2.05, 4.69) is 9.97 Å². The van der Waals surface area contributed by atoms with Gasteiger partial charge in [-0.05, 0) is 87.4 Å². The van der Waals surface area contributed by atoms with Crippen molar-refractivity contribution in [2.24, 2.45) is 0 Å². The first kappa shape index (κ1) is 45.8. The van der Waals surface area contributed by atoms with E-state index in [0.717, 1.165) is 26.2 Å². The van der Waals surface area contributed by atoms with E-state index < -0.39 is 11.9 Å². The topological polar surface area (TPSA) is 180 Å². The number of carboxylic acids is 2. The van der Waals surface area contributed by atoms with Crippen LogP contribution >= 0.6 is 23.2 Å². The Kier molecular flexibility index (Phi) is 24.6. The Balaban J connectivity index is 0. The minimum absolute atomic E-state index is 0. The summed E-state index contributed by atoms with van der Waals surface area (Å²) in [5, 5.41) is 21.2. The van der Waals surface area contributed by atoms with Gasteiger partial charge in [0.15, 0.2) is 0 Å². The van der Waals surface area contributed by atoms with E-state index in [1.807, 2.05) is 27.7 Å². The van der Waals surface area contributed by atoms with Crippen LogP contribution in [0.3, 0.4) is 0 Å². The van der Waals surface area contributed by atoms with Gasteiger partial charge in [-0.1, -0.05) is 47.5 Å². The summed E-state index contributed by atoms with van der Waals surface area (Å²) in [5.41, 5.74) is 1.53. The number of amides is 2. The Bertz CT molecular complexity index is 1410. The molecule has 0 saturated heterocycles. The van der Waals surface area contributed by atoms with Crippen molar-refractivity contribution in [1.82, 2.24) is 19.8 Å². The van der Waals surface area contributed by atoms with Crippen molar-refractivity contribution in [3.8, 4) is 0 Å². The monoisotopic (exact) mass is 748 g/mol. The third-order valence-corrected chi connectivity index (χ3v) is 6.51. The first-order valence-electron chi connectivity index (χ1n) is 14.3. The fourth-order valence-corrected chi connectivity index (χ4v) is 3.98. The van der Waals surface area contributed by atoms with Crippen LogP contribution in [0.5, 0.6) is 0 Å². The third kappa shape index (κ3) is 17.0. The quantitative estimate of drug-likeness (QED) is 0.194. The predicted octanol–water partition coefficient (Wildman–Crippen LogP) is 3.61. The summed E-state index contributed by atoms with van der Waals surface area (Å²) in [6.45, 7) is 10.8. The zero-order valence-corrected chi connectivity index (χ0v) is 29.4. The second-order valence-corrected chi connectivity index (χ2v) is 9.91. The van der Waals surface area contributed by atoms with Crippen LogP contribution in [-0.2, 0) is 22.5 Å². The number of rotatable bonds is 8. The van der Waals surface area contributed by atoms with E-state index in [0.29, 0.717) is 21.2 Å². The average molecular weight is 750 g/mol. The van der Waals surface area contributed by atoms with Crippen LogP contribution in [0.2, 0.25) is 10.0 Å². The van der Waals surface area contributed by atoms with Gasteiger partial charge < -0.3 is 35.1 Å². The van der Waals surface area contributed by atoms with Crippen LogP contribution in [0.15, 0.2) is 97.6 Å². The van der Waals surface area contributed by atoms with Crippen molar-refractivity contribution in [3.63, 3.8) is 0 Å². The third-order valence-electron chi connectivity index (χ3n) is 6.04. The summed E-state index contributed by atoms with van der Waals surface area (Å²) in [7, 11) is 0. The van der Waals surface area contributed by atoms with Crippen molar-refractivity contribution in [1.29, 1.82) is 0 Å². The summed E-state index contributed by atoms with van der Waals surface area (Å²) in [6.07, 6.45) is 6.53. The summed E-state index contributed by atoms with van der Waals surface area (Å²) >= 11 is 11.0. The number of hydrogen-bond donors (Lipinski definition) is 0. The molecule has 0 saturated carbocycles. The van der Waals surface area contributed by atoms with Gasteiger partial charge in [0.25, 0.3) is 11.8 Å². The summed E-state index contributed by atoms with van der Waals surface area (Å²) in [4.78, 5) is 55.1. The Morgan fingerprint density at radius 3 is 1.10 bits per heavy atom. The number of halogens is 2. The van der Waals surface area contributed by atoms with Crippen LogP contribution in [0.1, 0.15) is 69.1 Å². The molecule has 11 nitrogen and oxygen atoms in total. The number of carbonyl (C=O) groups is 4. The smallest absolute Gasteiger partial charge is 0.545 e. The van der Waals surface area contributed by atoms with Crippen molar-refractivity contribution < 1.29 is 51.9 Å². The molecule has 0 bridgehead atoms. The molecule has 0 aliphatic rings. The van der Waals surface area contributed by atoms with Gasteiger partial charge in [-0.3, -0.25) is 19.6 Å². The largest absolute Gasteiger partial charge is 2.00 e. The van der Waals surface area contributed by atoms with Crippen molar-refractivity contribution >= 4 is 47.0 Å². The van der Waals surface area contributed by atoms with Crippen molar-refractivity contribution in [2.45, 2.75) is 27.7 Å². The summed E-state index contributed by atoms with van der Waals surface area (Å²) in [6, 6.07) is 19.0. The minimum atomic E-state index is -1.21. The Morgan fingerprint density at radius 1 is 0.583 bits per heavy atom. The maximum atomic E-state index is 11.7. The van der Waals surface area contributed by atoms with Crippen LogP contribution in [0, 0.1) is 0 Å². The molecule has 0 aliphatic heterocycles. The maximum absolute atomic E-state index is 11.7. The number of nitrogens with zero attached hydrogens (tertiary/aromatic N) is 4. The molecule has 3 N–H and O–H groups in total. The summed E-state index contributed by atoms with van der Waals surface area (Å²) < 4.78 is 0. The molecule has 0 spiro atoms. The van der Waals surface area contributed by atoms with Crippen LogP contribution in [0.25, 0.3) is 0 Å². The normalized spacial score (nSPS) is 9.12. The van der Waals surface area contributed by atoms with E-state index in [1.54, 1.807) is 83.1 Å².